The molecular formula is C17H16BrNO2. The van der Waals surface area contributed by atoms with Crippen LogP contribution in [0.4, 0.5) is 5.69 Å². The molecule has 0 aromatic heterocycles. The van der Waals surface area contributed by atoms with Crippen LogP contribution in [0.5, 0.6) is 0 Å². The van der Waals surface area contributed by atoms with Crippen LogP contribution in [0.15, 0.2) is 46.9 Å². The lowest BCUT2D eigenvalue weighted by Crippen LogP contribution is -2.08. The van der Waals surface area contributed by atoms with E-state index in [1.54, 1.807) is 6.07 Å². The predicted molar refractivity (Wildman–Crippen MR) is 86.6 cm³/mol. The average Bonchev–Trinajstić information content (AvgIpc) is 2.89. The first kappa shape index (κ1) is 14.1. The highest BCUT2D eigenvalue weighted by Gasteiger charge is 2.22. The molecule has 0 saturated heterocycles. The minimum atomic E-state index is -0.311. The largest absolute Gasteiger partial charge is 0.465 e. The van der Waals surface area contributed by atoms with Gasteiger partial charge < -0.3 is 10.1 Å². The van der Waals surface area contributed by atoms with E-state index >= 15 is 0 Å². The van der Waals surface area contributed by atoms with Crippen molar-refractivity contribution in [3.63, 3.8) is 0 Å². The van der Waals surface area contributed by atoms with Crippen LogP contribution in [-0.2, 0) is 11.2 Å². The molecule has 2 aromatic rings. The Balaban J connectivity index is 1.81. The van der Waals surface area contributed by atoms with Gasteiger partial charge in [0, 0.05) is 10.2 Å². The zero-order valence-corrected chi connectivity index (χ0v) is 13.3. The van der Waals surface area contributed by atoms with E-state index < -0.39 is 0 Å². The van der Waals surface area contributed by atoms with Crippen LogP contribution in [0.2, 0.25) is 0 Å². The van der Waals surface area contributed by atoms with Crippen molar-refractivity contribution in [2.24, 2.45) is 0 Å². The van der Waals surface area contributed by atoms with Crippen molar-refractivity contribution in [1.29, 1.82) is 0 Å². The number of rotatable bonds is 3. The lowest BCUT2D eigenvalue weighted by atomic mass is 10.1. The third-order valence-corrected chi connectivity index (χ3v) is 4.30. The Bertz CT molecular complexity index is 684. The summed E-state index contributed by atoms with van der Waals surface area (Å²) in [5, 5.41) is 3.51. The Kier molecular flexibility index (Phi) is 3.97. The number of benzene rings is 2. The average molecular weight is 346 g/mol. The van der Waals surface area contributed by atoms with Gasteiger partial charge in [0.25, 0.3) is 0 Å². The third kappa shape index (κ3) is 2.95. The van der Waals surface area contributed by atoms with Gasteiger partial charge >= 0.3 is 5.97 Å². The number of anilines is 1. The summed E-state index contributed by atoms with van der Waals surface area (Å²) in [5.41, 5.74) is 4.22. The maximum absolute atomic E-state index is 11.6. The predicted octanol–water partition coefficient (Wildman–Crippen LogP) is 4.34. The highest BCUT2D eigenvalue weighted by Crippen LogP contribution is 2.35. The first-order chi connectivity index (χ1) is 10.2. The molecule has 21 heavy (non-hydrogen) atoms. The van der Waals surface area contributed by atoms with Gasteiger partial charge in [0.05, 0.1) is 18.7 Å². The summed E-state index contributed by atoms with van der Waals surface area (Å²) in [5.74, 6) is -0.311. The highest BCUT2D eigenvalue weighted by molar-refractivity contribution is 9.10. The van der Waals surface area contributed by atoms with Crippen LogP contribution in [0.25, 0.3) is 0 Å². The Morgan fingerprint density at radius 3 is 2.95 bits per heavy atom. The lowest BCUT2D eigenvalue weighted by molar-refractivity contribution is 0.0601. The Hall–Kier alpha value is -1.81. The van der Waals surface area contributed by atoms with Crippen molar-refractivity contribution in [2.75, 3.05) is 12.4 Å². The number of ether oxygens (including phenoxy) is 1. The van der Waals surface area contributed by atoms with E-state index in [9.17, 15) is 4.79 Å². The van der Waals surface area contributed by atoms with Crippen LogP contribution < -0.4 is 5.32 Å². The van der Waals surface area contributed by atoms with Crippen LogP contribution in [0.3, 0.4) is 0 Å². The normalized spacial score (nSPS) is 16.4. The number of carbonyl (C=O) groups is 1. The van der Waals surface area contributed by atoms with Crippen LogP contribution >= 0.6 is 15.9 Å². The molecule has 0 bridgehead atoms. The second-order valence-electron chi connectivity index (χ2n) is 5.15. The summed E-state index contributed by atoms with van der Waals surface area (Å²) in [6, 6.07) is 14.1. The summed E-state index contributed by atoms with van der Waals surface area (Å²) in [6.45, 7) is 0. The second kappa shape index (κ2) is 5.90. The third-order valence-electron chi connectivity index (χ3n) is 3.81. The molecule has 0 spiro atoms. The van der Waals surface area contributed by atoms with Gasteiger partial charge in [0.15, 0.2) is 0 Å². The van der Waals surface area contributed by atoms with Gasteiger partial charge in [-0.25, -0.2) is 4.79 Å². The number of hydrogen-bond donors (Lipinski definition) is 1. The fourth-order valence-electron chi connectivity index (χ4n) is 2.79. The van der Waals surface area contributed by atoms with Crippen molar-refractivity contribution in [3.05, 3.63) is 63.6 Å². The number of halogens is 1. The van der Waals surface area contributed by atoms with E-state index in [2.05, 4.69) is 39.4 Å². The fraction of sp³-hybridized carbons (Fsp3) is 0.235. The molecule has 1 atom stereocenters. The quantitative estimate of drug-likeness (QED) is 0.841. The smallest absolute Gasteiger partial charge is 0.337 e. The molecule has 3 nitrogen and oxygen atoms in total. The molecule has 0 fully saturated rings. The van der Waals surface area contributed by atoms with E-state index in [0.29, 0.717) is 11.6 Å². The first-order valence-corrected chi connectivity index (χ1v) is 7.70. The van der Waals surface area contributed by atoms with E-state index in [1.807, 2.05) is 18.2 Å². The molecule has 0 heterocycles. The first-order valence-electron chi connectivity index (χ1n) is 6.90. The summed E-state index contributed by atoms with van der Waals surface area (Å²) in [7, 11) is 1.40. The Morgan fingerprint density at radius 2 is 2.14 bits per heavy atom. The van der Waals surface area contributed by atoms with E-state index in [1.165, 1.54) is 18.2 Å². The van der Waals surface area contributed by atoms with Crippen molar-refractivity contribution < 1.29 is 9.53 Å². The molecular weight excluding hydrogens is 330 g/mol. The molecule has 1 aliphatic carbocycles. The van der Waals surface area contributed by atoms with E-state index in [0.717, 1.165) is 23.0 Å². The monoisotopic (exact) mass is 345 g/mol. The van der Waals surface area contributed by atoms with Gasteiger partial charge in [0.2, 0.25) is 0 Å². The van der Waals surface area contributed by atoms with Gasteiger partial charge in [-0.1, -0.05) is 28.1 Å². The molecule has 4 heteroatoms. The standard InChI is InChI=1S/C17H16BrNO2/c1-21-17(20)12-3-2-4-14(10-12)19-16-8-5-11-9-13(18)6-7-15(11)16/h2-4,6-7,9-10,16,19H,5,8H2,1H3. The molecule has 1 aliphatic rings. The molecule has 0 amide bonds. The van der Waals surface area contributed by atoms with Gasteiger partial charge in [-0.2, -0.15) is 0 Å². The van der Waals surface area contributed by atoms with Gasteiger partial charge in [-0.3, -0.25) is 0 Å². The maximum atomic E-state index is 11.6. The minimum Gasteiger partial charge on any atom is -0.465 e. The number of fused-ring (bicyclic) bond motifs is 1. The van der Waals surface area contributed by atoms with Gasteiger partial charge in [-0.05, 0) is 54.3 Å². The van der Waals surface area contributed by atoms with Crippen LogP contribution in [-0.4, -0.2) is 13.1 Å². The molecule has 0 radical (unpaired) electrons. The summed E-state index contributed by atoms with van der Waals surface area (Å²) in [4.78, 5) is 11.6. The van der Waals surface area contributed by atoms with Gasteiger partial charge in [0.1, 0.15) is 0 Å². The minimum absolute atomic E-state index is 0.293. The zero-order valence-electron chi connectivity index (χ0n) is 11.7. The molecule has 0 aliphatic heterocycles. The highest BCUT2D eigenvalue weighted by atomic mass is 79.9. The number of methoxy groups -OCH3 is 1. The molecule has 1 N–H and O–H groups in total. The van der Waals surface area contributed by atoms with E-state index in [-0.39, 0.29) is 5.97 Å². The SMILES string of the molecule is COC(=O)c1cccc(NC2CCc3cc(Br)ccc32)c1. The lowest BCUT2D eigenvalue weighted by Gasteiger charge is -2.16. The number of esters is 1. The second-order valence-corrected chi connectivity index (χ2v) is 6.07. The molecule has 2 aromatic carbocycles. The topological polar surface area (TPSA) is 38.3 Å². The van der Waals surface area contributed by atoms with Crippen molar-refractivity contribution in [2.45, 2.75) is 18.9 Å². The Morgan fingerprint density at radius 1 is 1.29 bits per heavy atom. The molecule has 3 rings (SSSR count). The number of hydrogen-bond acceptors (Lipinski definition) is 3. The van der Waals surface area contributed by atoms with Crippen molar-refractivity contribution >= 4 is 27.6 Å². The molecule has 108 valence electrons. The Labute approximate surface area is 132 Å². The maximum Gasteiger partial charge on any atom is 0.337 e. The number of carbonyl (C=O) groups excluding carboxylic acids is 1. The van der Waals surface area contributed by atoms with Crippen LogP contribution in [0, 0.1) is 0 Å². The summed E-state index contributed by atoms with van der Waals surface area (Å²) < 4.78 is 5.88. The molecule has 1 unspecified atom stereocenters. The number of nitrogens with one attached hydrogen (secondary N) is 1. The van der Waals surface area contributed by atoms with Crippen molar-refractivity contribution in [3.8, 4) is 0 Å². The number of aryl methyl sites for hydroxylation is 1. The van der Waals surface area contributed by atoms with Gasteiger partial charge in [-0.15, -0.1) is 0 Å². The zero-order chi connectivity index (χ0) is 14.8. The van der Waals surface area contributed by atoms with Crippen molar-refractivity contribution in [1.82, 2.24) is 0 Å². The summed E-state index contributed by atoms with van der Waals surface area (Å²) in [6.07, 6.45) is 2.14. The molecule has 0 saturated carbocycles. The van der Waals surface area contributed by atoms with Crippen LogP contribution in [0.1, 0.15) is 33.9 Å². The fourth-order valence-corrected chi connectivity index (χ4v) is 3.20. The van der Waals surface area contributed by atoms with E-state index in [4.69, 9.17) is 4.74 Å². The summed E-state index contributed by atoms with van der Waals surface area (Å²) >= 11 is 3.51.